The molecule has 0 saturated carbocycles. The van der Waals surface area contributed by atoms with Gasteiger partial charge in [0.1, 0.15) is 8.24 Å². The third-order valence-electron chi connectivity index (χ3n) is 1.58. The summed E-state index contributed by atoms with van der Waals surface area (Å²) in [6.07, 6.45) is 1.93. The summed E-state index contributed by atoms with van der Waals surface area (Å²) in [7, 11) is 0.541. The Kier molecular flexibility index (Phi) is 4.64. The molecule has 0 unspecified atom stereocenters. The van der Waals surface area contributed by atoms with Crippen LogP contribution in [0.25, 0.3) is 0 Å². The number of nitrogens with zero attached hydrogens (tertiary/aromatic N) is 1. The summed E-state index contributed by atoms with van der Waals surface area (Å²) < 4.78 is 7.44. The fourth-order valence-electron chi connectivity index (χ4n) is 0.832. The molecule has 0 amide bonds. The topological polar surface area (TPSA) is 12.5 Å². The summed E-state index contributed by atoms with van der Waals surface area (Å²) in [5.41, 5.74) is 0. The van der Waals surface area contributed by atoms with Crippen LogP contribution in [0.1, 0.15) is 0 Å². The third kappa shape index (κ3) is 4.34. The molecule has 0 aromatic carbocycles. The van der Waals surface area contributed by atoms with E-state index in [0.29, 0.717) is 0 Å². The van der Waals surface area contributed by atoms with Crippen LogP contribution in [0.3, 0.4) is 0 Å². The molecule has 0 rings (SSSR count). The molecule has 0 aromatic rings. The average Bonchev–Trinajstić information content (AvgIpc) is 1.85. The van der Waals surface area contributed by atoms with Crippen LogP contribution in [0.15, 0.2) is 12.7 Å². The molecule has 0 heterocycles. The Hall–Kier alpha value is -0.123. The largest absolute Gasteiger partial charge is 0.370 e. The lowest BCUT2D eigenvalue weighted by Gasteiger charge is -2.32. The molecule has 0 bridgehead atoms. The van der Waals surface area contributed by atoms with Crippen molar-refractivity contribution in [3.63, 3.8) is 0 Å². The molecular weight excluding hydrogens is 154 g/mol. The van der Waals surface area contributed by atoms with E-state index in [9.17, 15) is 0 Å². The second kappa shape index (κ2) is 4.69. The molecule has 0 radical (unpaired) electrons. The van der Waals surface area contributed by atoms with Crippen LogP contribution in [0.4, 0.5) is 0 Å². The summed E-state index contributed by atoms with van der Waals surface area (Å²) in [5.74, 6) is 0. The molecule has 0 N–H and O–H groups in total. The molecule has 2 nitrogen and oxygen atoms in total. The first-order valence-electron chi connectivity index (χ1n) is 3.87. The van der Waals surface area contributed by atoms with Gasteiger partial charge in [-0.15, -0.1) is 6.58 Å². The minimum atomic E-state index is -1.19. The Morgan fingerprint density at radius 1 is 1.45 bits per heavy atom. The van der Waals surface area contributed by atoms with Crippen LogP contribution in [0.2, 0.25) is 19.6 Å². The lowest BCUT2D eigenvalue weighted by atomic mass is 10.6. The summed E-state index contributed by atoms with van der Waals surface area (Å²) in [6.45, 7) is 12.3. The van der Waals surface area contributed by atoms with Gasteiger partial charge in [0, 0.05) is 13.7 Å². The Morgan fingerprint density at radius 2 is 2.00 bits per heavy atom. The molecule has 0 fully saturated rings. The van der Waals surface area contributed by atoms with Crippen molar-refractivity contribution in [3.05, 3.63) is 12.7 Å². The zero-order valence-electron chi connectivity index (χ0n) is 8.05. The number of hydrogen-bond acceptors (Lipinski definition) is 2. The lowest BCUT2D eigenvalue weighted by molar-refractivity contribution is 0.118. The van der Waals surface area contributed by atoms with Gasteiger partial charge < -0.3 is 4.74 Å². The Balaban J connectivity index is 3.97. The summed E-state index contributed by atoms with van der Waals surface area (Å²) in [6, 6.07) is 0. The van der Waals surface area contributed by atoms with Crippen molar-refractivity contribution in [3.8, 4) is 0 Å². The van der Waals surface area contributed by atoms with Crippen LogP contribution in [-0.2, 0) is 4.74 Å². The van der Waals surface area contributed by atoms with E-state index in [1.165, 1.54) is 0 Å². The van der Waals surface area contributed by atoms with Crippen molar-refractivity contribution in [1.29, 1.82) is 0 Å². The number of ether oxygens (including phenoxy) is 1. The molecule has 0 aliphatic carbocycles. The third-order valence-corrected chi connectivity index (χ3v) is 3.79. The van der Waals surface area contributed by atoms with Crippen LogP contribution in [0.5, 0.6) is 0 Å². The molecule has 11 heavy (non-hydrogen) atoms. The van der Waals surface area contributed by atoms with Gasteiger partial charge in [0.2, 0.25) is 0 Å². The molecule has 0 aliphatic rings. The highest BCUT2D eigenvalue weighted by Crippen LogP contribution is 2.08. The van der Waals surface area contributed by atoms with E-state index in [-0.39, 0.29) is 0 Å². The number of hydrogen-bond donors (Lipinski definition) is 0. The van der Waals surface area contributed by atoms with Crippen molar-refractivity contribution >= 4 is 8.24 Å². The van der Waals surface area contributed by atoms with Gasteiger partial charge in [-0.3, -0.25) is 4.57 Å². The van der Waals surface area contributed by atoms with Gasteiger partial charge in [-0.25, -0.2) is 0 Å². The molecule has 0 saturated heterocycles. The fraction of sp³-hybridized carbons (Fsp3) is 0.750. The van der Waals surface area contributed by atoms with Crippen LogP contribution in [0, 0.1) is 0 Å². The van der Waals surface area contributed by atoms with Gasteiger partial charge in [0.15, 0.2) is 0 Å². The molecule has 3 heteroatoms. The van der Waals surface area contributed by atoms with E-state index in [1.54, 1.807) is 7.11 Å². The second-order valence-electron chi connectivity index (χ2n) is 3.60. The van der Waals surface area contributed by atoms with Crippen molar-refractivity contribution in [2.24, 2.45) is 0 Å². The maximum atomic E-state index is 5.10. The zero-order chi connectivity index (χ0) is 8.91. The minimum absolute atomic E-state index is 0.724. The Bertz CT molecular complexity index is 120. The van der Waals surface area contributed by atoms with Crippen molar-refractivity contribution in [1.82, 2.24) is 4.57 Å². The number of methoxy groups -OCH3 is 1. The zero-order valence-corrected chi connectivity index (χ0v) is 9.05. The first-order valence-corrected chi connectivity index (χ1v) is 7.32. The molecule has 0 atom stereocenters. The summed E-state index contributed by atoms with van der Waals surface area (Å²) >= 11 is 0. The second-order valence-corrected chi connectivity index (χ2v) is 8.57. The van der Waals surface area contributed by atoms with Gasteiger partial charge in [0.25, 0.3) is 0 Å². The van der Waals surface area contributed by atoms with Crippen LogP contribution in [-0.4, -0.2) is 33.2 Å². The SMILES string of the molecule is C=CCN(COC)[Si](C)(C)C. The molecule has 0 aromatic heterocycles. The molecular formula is C8H19NOSi. The number of rotatable bonds is 5. The van der Waals surface area contributed by atoms with Gasteiger partial charge in [-0.05, 0) is 0 Å². The molecule has 0 aliphatic heterocycles. The van der Waals surface area contributed by atoms with Gasteiger partial charge in [-0.2, -0.15) is 0 Å². The van der Waals surface area contributed by atoms with E-state index in [2.05, 4.69) is 30.8 Å². The van der Waals surface area contributed by atoms with Gasteiger partial charge in [0.05, 0.1) is 6.73 Å². The van der Waals surface area contributed by atoms with Gasteiger partial charge in [-0.1, -0.05) is 25.7 Å². The highest BCUT2D eigenvalue weighted by atomic mass is 28.3. The summed E-state index contributed by atoms with van der Waals surface area (Å²) in [5, 5.41) is 0. The maximum Gasteiger partial charge on any atom is 0.122 e. The Labute approximate surface area is 70.9 Å². The van der Waals surface area contributed by atoms with E-state index in [0.717, 1.165) is 13.3 Å². The fourth-order valence-corrected chi connectivity index (χ4v) is 2.03. The highest BCUT2D eigenvalue weighted by Gasteiger charge is 2.21. The van der Waals surface area contributed by atoms with Crippen molar-refractivity contribution in [2.45, 2.75) is 19.6 Å². The van der Waals surface area contributed by atoms with E-state index < -0.39 is 8.24 Å². The maximum absolute atomic E-state index is 5.10. The summed E-state index contributed by atoms with van der Waals surface area (Å²) in [4.78, 5) is 0. The normalized spacial score (nSPS) is 12.1. The monoisotopic (exact) mass is 173 g/mol. The van der Waals surface area contributed by atoms with Gasteiger partial charge >= 0.3 is 0 Å². The average molecular weight is 173 g/mol. The predicted octanol–water partition coefficient (Wildman–Crippen LogP) is 1.91. The van der Waals surface area contributed by atoms with Crippen LogP contribution < -0.4 is 0 Å². The molecule has 66 valence electrons. The van der Waals surface area contributed by atoms with Crippen LogP contribution >= 0.6 is 0 Å². The lowest BCUT2D eigenvalue weighted by Crippen LogP contribution is -2.46. The van der Waals surface area contributed by atoms with Crippen molar-refractivity contribution in [2.75, 3.05) is 20.4 Å². The standard InChI is InChI=1S/C8H19NOSi/c1-6-7-9(8-10-2)11(3,4)5/h6H,1,7-8H2,2-5H3. The van der Waals surface area contributed by atoms with Crippen molar-refractivity contribution < 1.29 is 4.74 Å². The smallest absolute Gasteiger partial charge is 0.122 e. The van der Waals surface area contributed by atoms with E-state index in [4.69, 9.17) is 4.74 Å². The minimum Gasteiger partial charge on any atom is -0.370 e. The first kappa shape index (κ1) is 10.9. The highest BCUT2D eigenvalue weighted by molar-refractivity contribution is 6.73. The van der Waals surface area contributed by atoms with E-state index in [1.807, 2.05) is 6.08 Å². The predicted molar refractivity (Wildman–Crippen MR) is 52.1 cm³/mol. The van der Waals surface area contributed by atoms with E-state index >= 15 is 0 Å². The molecule has 0 spiro atoms. The Morgan fingerprint density at radius 3 is 2.27 bits per heavy atom. The quantitative estimate of drug-likeness (QED) is 0.358. The first-order chi connectivity index (χ1) is 5.02.